The molecule has 1 heterocycles. The number of carboxylic acids is 1. The van der Waals surface area contributed by atoms with Crippen LogP contribution in [0.4, 0.5) is 0 Å². The average Bonchev–Trinajstić information content (AvgIpc) is 2.79. The molecule has 0 saturated heterocycles. The largest absolute Gasteiger partial charge is 0.481 e. The molecular formula is C14H18N2O3S. The number of rotatable bonds is 8. The van der Waals surface area contributed by atoms with Gasteiger partial charge in [0.1, 0.15) is 0 Å². The van der Waals surface area contributed by atoms with Gasteiger partial charge in [-0.25, -0.2) is 4.98 Å². The number of aliphatic carboxylic acids is 1. The summed E-state index contributed by atoms with van der Waals surface area (Å²) < 4.78 is 7.42. The number of aryl methyl sites for hydroxylation is 1. The third-order valence-electron chi connectivity index (χ3n) is 2.82. The van der Waals surface area contributed by atoms with Crippen LogP contribution in [0.15, 0.2) is 29.4 Å². The number of para-hydroxylation sites is 2. The molecule has 2 aromatic rings. The minimum Gasteiger partial charge on any atom is -0.481 e. The van der Waals surface area contributed by atoms with Crippen LogP contribution in [0.2, 0.25) is 0 Å². The van der Waals surface area contributed by atoms with Crippen molar-refractivity contribution in [3.8, 4) is 0 Å². The van der Waals surface area contributed by atoms with E-state index < -0.39 is 5.97 Å². The molecule has 1 aromatic heterocycles. The molecule has 5 nitrogen and oxygen atoms in total. The van der Waals surface area contributed by atoms with Crippen LogP contribution in [0.1, 0.15) is 13.3 Å². The lowest BCUT2D eigenvalue weighted by Crippen LogP contribution is -2.06. The average molecular weight is 294 g/mol. The van der Waals surface area contributed by atoms with Gasteiger partial charge in [-0.15, -0.1) is 0 Å². The predicted molar refractivity (Wildman–Crippen MR) is 79.2 cm³/mol. The second kappa shape index (κ2) is 7.31. The number of carbonyl (C=O) groups is 1. The number of benzene rings is 1. The van der Waals surface area contributed by atoms with E-state index in [2.05, 4.69) is 9.55 Å². The van der Waals surface area contributed by atoms with Crippen LogP contribution in [0.3, 0.4) is 0 Å². The van der Waals surface area contributed by atoms with Crippen molar-refractivity contribution in [3.05, 3.63) is 24.3 Å². The van der Waals surface area contributed by atoms with Gasteiger partial charge < -0.3 is 14.4 Å². The smallest absolute Gasteiger partial charge is 0.313 e. The van der Waals surface area contributed by atoms with E-state index in [0.717, 1.165) is 29.2 Å². The third-order valence-corrected chi connectivity index (χ3v) is 3.78. The molecule has 0 atom stereocenters. The summed E-state index contributed by atoms with van der Waals surface area (Å²) in [4.78, 5) is 15.2. The van der Waals surface area contributed by atoms with Crippen LogP contribution >= 0.6 is 11.8 Å². The van der Waals surface area contributed by atoms with E-state index in [1.807, 2.05) is 31.2 Å². The van der Waals surface area contributed by atoms with Crippen LogP contribution < -0.4 is 0 Å². The van der Waals surface area contributed by atoms with Crippen molar-refractivity contribution in [1.29, 1.82) is 0 Å². The van der Waals surface area contributed by atoms with Crippen molar-refractivity contribution in [2.75, 3.05) is 19.0 Å². The lowest BCUT2D eigenvalue weighted by molar-refractivity contribution is -0.133. The van der Waals surface area contributed by atoms with Crippen molar-refractivity contribution in [1.82, 2.24) is 9.55 Å². The van der Waals surface area contributed by atoms with Crippen molar-refractivity contribution in [3.63, 3.8) is 0 Å². The Balaban J connectivity index is 2.18. The SMILES string of the molecule is CCOCCCn1c(SCC(=O)O)nc2ccccc21. The Hall–Kier alpha value is -1.53. The Kier molecular flexibility index (Phi) is 5.43. The summed E-state index contributed by atoms with van der Waals surface area (Å²) in [5.74, 6) is -0.808. The molecule has 0 saturated carbocycles. The molecule has 0 aliphatic carbocycles. The van der Waals surface area contributed by atoms with Crippen molar-refractivity contribution in [2.45, 2.75) is 25.0 Å². The van der Waals surface area contributed by atoms with Gasteiger partial charge in [0.2, 0.25) is 0 Å². The number of hydrogen-bond acceptors (Lipinski definition) is 4. The molecule has 0 aliphatic heterocycles. The minimum absolute atomic E-state index is 0.0226. The summed E-state index contributed by atoms with van der Waals surface area (Å²) in [6.45, 7) is 4.17. The Bertz CT molecular complexity index is 583. The molecule has 0 unspecified atom stereocenters. The molecule has 108 valence electrons. The number of carboxylic acid groups (broad SMARTS) is 1. The number of thioether (sulfide) groups is 1. The summed E-state index contributed by atoms with van der Waals surface area (Å²) in [7, 11) is 0. The summed E-state index contributed by atoms with van der Waals surface area (Å²) in [5, 5.41) is 9.56. The molecule has 1 aromatic carbocycles. The third kappa shape index (κ3) is 3.74. The lowest BCUT2D eigenvalue weighted by Gasteiger charge is -2.08. The monoisotopic (exact) mass is 294 g/mol. The van der Waals surface area contributed by atoms with E-state index in [-0.39, 0.29) is 5.75 Å². The van der Waals surface area contributed by atoms with Crippen LogP contribution in [-0.4, -0.2) is 39.6 Å². The zero-order valence-electron chi connectivity index (χ0n) is 11.4. The maximum absolute atomic E-state index is 10.7. The number of imidazole rings is 1. The van der Waals surface area contributed by atoms with Crippen LogP contribution in [0.5, 0.6) is 0 Å². The predicted octanol–water partition coefficient (Wildman–Crippen LogP) is 2.64. The first-order valence-corrected chi connectivity index (χ1v) is 7.58. The van der Waals surface area contributed by atoms with Crippen molar-refractivity contribution in [2.24, 2.45) is 0 Å². The van der Waals surface area contributed by atoms with Gasteiger partial charge in [0.15, 0.2) is 5.16 Å². The molecule has 0 radical (unpaired) electrons. The lowest BCUT2D eigenvalue weighted by atomic mass is 10.3. The zero-order valence-corrected chi connectivity index (χ0v) is 12.2. The highest BCUT2D eigenvalue weighted by molar-refractivity contribution is 7.99. The Morgan fingerprint density at radius 2 is 2.25 bits per heavy atom. The van der Waals surface area contributed by atoms with E-state index in [0.29, 0.717) is 13.2 Å². The normalized spacial score (nSPS) is 11.1. The van der Waals surface area contributed by atoms with Gasteiger partial charge >= 0.3 is 5.97 Å². The second-order valence-corrected chi connectivity index (χ2v) is 5.21. The fraction of sp³-hybridized carbons (Fsp3) is 0.429. The van der Waals surface area contributed by atoms with Crippen LogP contribution in [0, 0.1) is 0 Å². The van der Waals surface area contributed by atoms with Gasteiger partial charge in [-0.2, -0.15) is 0 Å². The molecule has 0 spiro atoms. The number of hydrogen-bond donors (Lipinski definition) is 1. The van der Waals surface area contributed by atoms with Crippen LogP contribution in [-0.2, 0) is 16.1 Å². The molecule has 0 fully saturated rings. The van der Waals surface area contributed by atoms with Gasteiger partial charge in [-0.1, -0.05) is 23.9 Å². The molecule has 20 heavy (non-hydrogen) atoms. The summed E-state index contributed by atoms with van der Waals surface area (Å²) in [6, 6.07) is 7.85. The summed E-state index contributed by atoms with van der Waals surface area (Å²) >= 11 is 1.26. The topological polar surface area (TPSA) is 64.3 Å². The number of fused-ring (bicyclic) bond motifs is 1. The van der Waals surface area contributed by atoms with Gasteiger partial charge in [-0.3, -0.25) is 4.79 Å². The molecular weight excluding hydrogens is 276 g/mol. The number of nitrogens with zero attached hydrogens (tertiary/aromatic N) is 2. The van der Waals surface area contributed by atoms with E-state index in [1.165, 1.54) is 11.8 Å². The maximum Gasteiger partial charge on any atom is 0.313 e. The molecule has 1 N–H and O–H groups in total. The fourth-order valence-corrected chi connectivity index (χ4v) is 2.74. The van der Waals surface area contributed by atoms with Crippen LogP contribution in [0.25, 0.3) is 11.0 Å². The first kappa shape index (κ1) is 14.9. The first-order valence-electron chi connectivity index (χ1n) is 6.60. The van der Waals surface area contributed by atoms with Gasteiger partial charge in [-0.05, 0) is 25.5 Å². The fourth-order valence-electron chi connectivity index (χ4n) is 1.98. The van der Waals surface area contributed by atoms with E-state index in [9.17, 15) is 4.79 Å². The van der Waals surface area contributed by atoms with Crippen molar-refractivity contribution >= 4 is 28.8 Å². The quantitative estimate of drug-likeness (QED) is 0.599. The van der Waals surface area contributed by atoms with Gasteiger partial charge in [0.05, 0.1) is 16.8 Å². The van der Waals surface area contributed by atoms with E-state index >= 15 is 0 Å². The van der Waals surface area contributed by atoms with E-state index in [1.54, 1.807) is 0 Å². The first-order chi connectivity index (χ1) is 9.72. The minimum atomic E-state index is -0.831. The molecule has 2 rings (SSSR count). The Morgan fingerprint density at radius 1 is 1.45 bits per heavy atom. The van der Waals surface area contributed by atoms with Gasteiger partial charge in [0, 0.05) is 19.8 Å². The summed E-state index contributed by atoms with van der Waals surface area (Å²) in [6.07, 6.45) is 0.884. The zero-order chi connectivity index (χ0) is 14.4. The van der Waals surface area contributed by atoms with E-state index in [4.69, 9.17) is 9.84 Å². The molecule has 0 amide bonds. The maximum atomic E-state index is 10.7. The number of ether oxygens (including phenoxy) is 1. The molecule has 0 aliphatic rings. The van der Waals surface area contributed by atoms with Gasteiger partial charge in [0.25, 0.3) is 0 Å². The molecule has 6 heteroatoms. The Morgan fingerprint density at radius 3 is 3.00 bits per heavy atom. The molecule has 0 bridgehead atoms. The Labute approximate surface area is 121 Å². The second-order valence-electron chi connectivity index (χ2n) is 4.27. The highest BCUT2D eigenvalue weighted by Crippen LogP contribution is 2.24. The van der Waals surface area contributed by atoms with Crippen molar-refractivity contribution < 1.29 is 14.6 Å². The highest BCUT2D eigenvalue weighted by atomic mass is 32.2. The summed E-state index contributed by atoms with van der Waals surface area (Å²) in [5.41, 5.74) is 1.94. The highest BCUT2D eigenvalue weighted by Gasteiger charge is 2.12. The standard InChI is InChI=1S/C14H18N2O3S/c1-2-19-9-5-8-16-12-7-4-3-6-11(12)15-14(16)20-10-13(17)18/h3-4,6-7H,2,5,8-10H2,1H3,(H,17,18). The number of aromatic nitrogens is 2.